The number of methoxy groups -OCH3 is 1. The molecule has 0 saturated heterocycles. The summed E-state index contributed by atoms with van der Waals surface area (Å²) < 4.78 is 5.30. The third-order valence-corrected chi connectivity index (χ3v) is 3.80. The summed E-state index contributed by atoms with van der Waals surface area (Å²) in [5, 5.41) is 16.4. The lowest BCUT2D eigenvalue weighted by atomic mass is 10.1. The van der Waals surface area contributed by atoms with Gasteiger partial charge in [0.1, 0.15) is 5.75 Å². The molecule has 1 amide bonds. The van der Waals surface area contributed by atoms with E-state index in [4.69, 9.17) is 4.74 Å². The van der Waals surface area contributed by atoms with Crippen molar-refractivity contribution in [3.63, 3.8) is 0 Å². The van der Waals surface area contributed by atoms with Crippen LogP contribution in [0.25, 0.3) is 10.8 Å². The topological polar surface area (TPSA) is 93.8 Å². The van der Waals surface area contributed by atoms with E-state index in [9.17, 15) is 14.9 Å². The van der Waals surface area contributed by atoms with Crippen molar-refractivity contribution in [1.82, 2.24) is 5.43 Å². The number of nitro groups is 1. The number of hydrazone groups is 1. The molecule has 7 nitrogen and oxygen atoms in total. The Labute approximate surface area is 149 Å². The van der Waals surface area contributed by atoms with Crippen LogP contribution in [0, 0.1) is 10.1 Å². The van der Waals surface area contributed by atoms with Crippen molar-refractivity contribution in [2.24, 2.45) is 5.10 Å². The molecule has 7 heteroatoms. The summed E-state index contributed by atoms with van der Waals surface area (Å²) in [5.74, 6) is 0.0394. The zero-order valence-corrected chi connectivity index (χ0v) is 13.9. The number of nitro benzene ring substituents is 1. The van der Waals surface area contributed by atoms with Gasteiger partial charge in [0, 0.05) is 12.1 Å². The molecule has 0 aliphatic carbocycles. The van der Waals surface area contributed by atoms with Crippen LogP contribution in [-0.4, -0.2) is 24.2 Å². The second-order valence-electron chi connectivity index (χ2n) is 5.45. The summed E-state index contributed by atoms with van der Waals surface area (Å²) in [5.41, 5.74) is 3.43. The van der Waals surface area contributed by atoms with Crippen molar-refractivity contribution in [2.75, 3.05) is 7.11 Å². The Balaban J connectivity index is 1.77. The van der Waals surface area contributed by atoms with E-state index in [0.29, 0.717) is 16.9 Å². The second-order valence-corrected chi connectivity index (χ2v) is 5.45. The average molecular weight is 349 g/mol. The number of fused-ring (bicyclic) bond motifs is 1. The Bertz CT molecular complexity index is 997. The quantitative estimate of drug-likeness (QED) is 0.433. The smallest absolute Gasteiger partial charge is 0.275 e. The number of hydrogen-bond acceptors (Lipinski definition) is 5. The molecule has 3 aromatic carbocycles. The number of nitrogens with zero attached hydrogens (tertiary/aromatic N) is 2. The second kappa shape index (κ2) is 7.43. The molecule has 0 saturated carbocycles. The number of hydrogen-bond donors (Lipinski definition) is 1. The minimum absolute atomic E-state index is 0.00733. The molecule has 0 fully saturated rings. The van der Waals surface area contributed by atoms with Crippen LogP contribution in [0.15, 0.2) is 65.8 Å². The summed E-state index contributed by atoms with van der Waals surface area (Å²) in [6.07, 6.45) is 1.41. The zero-order chi connectivity index (χ0) is 18.5. The minimum atomic E-state index is -0.477. The minimum Gasteiger partial charge on any atom is -0.496 e. The van der Waals surface area contributed by atoms with Gasteiger partial charge in [-0.3, -0.25) is 14.9 Å². The molecule has 3 rings (SSSR count). The molecule has 0 aromatic heterocycles. The van der Waals surface area contributed by atoms with Gasteiger partial charge in [0.2, 0.25) is 0 Å². The molecule has 3 aromatic rings. The number of nitrogens with one attached hydrogen (secondary N) is 1. The number of ether oxygens (including phenoxy) is 1. The fourth-order valence-electron chi connectivity index (χ4n) is 2.47. The van der Waals surface area contributed by atoms with Crippen molar-refractivity contribution in [2.45, 2.75) is 0 Å². The lowest BCUT2D eigenvalue weighted by molar-refractivity contribution is -0.384. The lowest BCUT2D eigenvalue weighted by Gasteiger charge is -2.09. The molecule has 130 valence electrons. The first-order chi connectivity index (χ1) is 12.6. The maximum Gasteiger partial charge on any atom is 0.275 e. The largest absolute Gasteiger partial charge is 0.496 e. The van der Waals surface area contributed by atoms with Gasteiger partial charge in [-0.25, -0.2) is 5.43 Å². The van der Waals surface area contributed by atoms with E-state index in [1.807, 2.05) is 24.3 Å². The first-order valence-electron chi connectivity index (χ1n) is 7.73. The fraction of sp³-hybridized carbons (Fsp3) is 0.0526. The van der Waals surface area contributed by atoms with E-state index < -0.39 is 10.8 Å². The molecule has 26 heavy (non-hydrogen) atoms. The van der Waals surface area contributed by atoms with Crippen molar-refractivity contribution in [3.05, 3.63) is 81.9 Å². The molecule has 0 unspecified atom stereocenters. The van der Waals surface area contributed by atoms with Gasteiger partial charge in [-0.15, -0.1) is 0 Å². The van der Waals surface area contributed by atoms with Crippen molar-refractivity contribution in [1.29, 1.82) is 0 Å². The lowest BCUT2D eigenvalue weighted by Crippen LogP contribution is -2.18. The van der Waals surface area contributed by atoms with E-state index in [-0.39, 0.29) is 5.69 Å². The summed E-state index contributed by atoms with van der Waals surface area (Å²) >= 11 is 0. The number of carbonyl (C=O) groups is 1. The normalized spacial score (nSPS) is 10.8. The first-order valence-corrected chi connectivity index (χ1v) is 7.73. The van der Waals surface area contributed by atoms with E-state index >= 15 is 0 Å². The van der Waals surface area contributed by atoms with Gasteiger partial charge >= 0.3 is 0 Å². The number of carbonyl (C=O) groups excluding carboxylic acids is 1. The highest BCUT2D eigenvalue weighted by Gasteiger charge is 2.13. The number of non-ortho nitro benzene ring substituents is 1. The maximum atomic E-state index is 12.4. The van der Waals surface area contributed by atoms with Gasteiger partial charge in [0.15, 0.2) is 0 Å². The molecule has 0 bridgehead atoms. The Hall–Kier alpha value is -3.74. The molecule has 0 aliphatic heterocycles. The Morgan fingerprint density at radius 3 is 2.38 bits per heavy atom. The summed E-state index contributed by atoms with van der Waals surface area (Å²) in [6.45, 7) is 0. The van der Waals surface area contributed by atoms with Gasteiger partial charge in [-0.05, 0) is 40.6 Å². The fourth-order valence-corrected chi connectivity index (χ4v) is 2.47. The Kier molecular flexibility index (Phi) is 4.89. The molecular weight excluding hydrogens is 334 g/mol. The molecule has 0 aliphatic rings. The first kappa shape index (κ1) is 17.1. The van der Waals surface area contributed by atoms with Crippen molar-refractivity contribution < 1.29 is 14.5 Å². The zero-order valence-electron chi connectivity index (χ0n) is 13.9. The summed E-state index contributed by atoms with van der Waals surface area (Å²) in [6, 6.07) is 17.0. The van der Waals surface area contributed by atoms with Crippen molar-refractivity contribution in [3.8, 4) is 5.75 Å². The van der Waals surface area contributed by atoms with Crippen LogP contribution in [0.4, 0.5) is 5.69 Å². The van der Waals surface area contributed by atoms with E-state index in [0.717, 1.165) is 10.8 Å². The van der Waals surface area contributed by atoms with Gasteiger partial charge in [0.05, 0.1) is 23.8 Å². The summed E-state index contributed by atoms with van der Waals surface area (Å²) in [7, 11) is 1.50. The van der Waals surface area contributed by atoms with Gasteiger partial charge < -0.3 is 4.74 Å². The monoisotopic (exact) mass is 349 g/mol. The number of rotatable bonds is 5. The highest BCUT2D eigenvalue weighted by atomic mass is 16.6. The standard InChI is InChI=1S/C19H15N3O4/c1-26-18-11-15-5-3-2-4-14(15)10-17(18)19(23)21-20-12-13-6-8-16(9-7-13)22(24)25/h2-12H,1H3,(H,21,23)/b20-12+. The molecular formula is C19H15N3O4. The SMILES string of the molecule is COc1cc2ccccc2cc1C(=O)N/N=C/c1ccc([N+](=O)[O-])cc1. The van der Waals surface area contributed by atoms with Crippen molar-refractivity contribution >= 4 is 28.6 Å². The predicted octanol–water partition coefficient (Wildman–Crippen LogP) is 3.52. The Morgan fingerprint density at radius 2 is 1.77 bits per heavy atom. The predicted molar refractivity (Wildman–Crippen MR) is 98.7 cm³/mol. The van der Waals surface area contributed by atoms with E-state index in [1.54, 1.807) is 24.3 Å². The van der Waals surface area contributed by atoms with Crippen LogP contribution in [-0.2, 0) is 0 Å². The molecule has 1 N–H and O–H groups in total. The van der Waals surface area contributed by atoms with E-state index in [1.165, 1.54) is 25.5 Å². The van der Waals surface area contributed by atoms with Crippen LogP contribution in [0.3, 0.4) is 0 Å². The Morgan fingerprint density at radius 1 is 1.12 bits per heavy atom. The summed E-state index contributed by atoms with van der Waals surface area (Å²) in [4.78, 5) is 22.6. The van der Waals surface area contributed by atoms with Crippen LogP contribution in [0.1, 0.15) is 15.9 Å². The van der Waals surface area contributed by atoms with Crippen LogP contribution in [0.2, 0.25) is 0 Å². The number of amides is 1. The molecule has 0 spiro atoms. The van der Waals surface area contributed by atoms with Gasteiger partial charge in [0.25, 0.3) is 11.6 Å². The third kappa shape index (κ3) is 3.67. The van der Waals surface area contributed by atoms with Crippen LogP contribution >= 0.6 is 0 Å². The third-order valence-electron chi connectivity index (χ3n) is 3.80. The number of benzene rings is 3. The molecule has 0 radical (unpaired) electrons. The van der Waals surface area contributed by atoms with Gasteiger partial charge in [-0.2, -0.15) is 5.10 Å². The van der Waals surface area contributed by atoms with Gasteiger partial charge in [-0.1, -0.05) is 24.3 Å². The highest BCUT2D eigenvalue weighted by Crippen LogP contribution is 2.25. The molecule has 0 atom stereocenters. The average Bonchev–Trinajstić information content (AvgIpc) is 2.67. The van der Waals surface area contributed by atoms with E-state index in [2.05, 4.69) is 10.5 Å². The molecule has 0 heterocycles. The van der Waals surface area contributed by atoms with Crippen LogP contribution < -0.4 is 10.2 Å². The van der Waals surface area contributed by atoms with Crippen LogP contribution in [0.5, 0.6) is 5.75 Å². The maximum absolute atomic E-state index is 12.4. The highest BCUT2D eigenvalue weighted by molar-refractivity contribution is 6.01.